The Balaban J connectivity index is 1.98. The summed E-state index contributed by atoms with van der Waals surface area (Å²) in [5, 5.41) is 8.75. The number of hydrogen-bond acceptors (Lipinski definition) is 3. The lowest BCUT2D eigenvalue weighted by Crippen LogP contribution is -2.28. The molecule has 0 aliphatic carbocycles. The van der Waals surface area contributed by atoms with E-state index in [1.165, 1.54) is 0 Å². The Bertz CT molecular complexity index is 765. The van der Waals surface area contributed by atoms with Crippen molar-refractivity contribution in [2.24, 2.45) is 0 Å². The second kappa shape index (κ2) is 8.94. The van der Waals surface area contributed by atoms with Crippen molar-refractivity contribution in [3.8, 4) is 0 Å². The summed E-state index contributed by atoms with van der Waals surface area (Å²) in [5.41, 5.74) is 2.71. The van der Waals surface area contributed by atoms with Crippen LogP contribution in [0.4, 0.5) is 21.0 Å². The van der Waals surface area contributed by atoms with Gasteiger partial charge in [-0.2, -0.15) is 0 Å². The lowest BCUT2D eigenvalue weighted by atomic mass is 10.1. The quantitative estimate of drug-likeness (QED) is 0.731. The number of rotatable bonds is 5. The molecule has 3 amide bonds. The molecule has 0 saturated heterocycles. The van der Waals surface area contributed by atoms with E-state index in [4.69, 9.17) is 16.3 Å². The van der Waals surface area contributed by atoms with Crippen LogP contribution in [0.2, 0.25) is 5.02 Å². The van der Waals surface area contributed by atoms with Crippen molar-refractivity contribution < 1.29 is 14.3 Å². The Hall–Kier alpha value is -2.73. The molecule has 6 nitrogen and oxygen atoms in total. The van der Waals surface area contributed by atoms with E-state index in [0.29, 0.717) is 22.9 Å². The fourth-order valence-electron chi connectivity index (χ4n) is 2.17. The van der Waals surface area contributed by atoms with Crippen LogP contribution in [0.3, 0.4) is 0 Å². The molecule has 2 rings (SSSR count). The highest BCUT2D eigenvalue weighted by molar-refractivity contribution is 6.31. The molecule has 0 aliphatic rings. The maximum Gasteiger partial charge on any atom is 0.411 e. The Morgan fingerprint density at radius 1 is 1.04 bits per heavy atom. The number of carbonyl (C=O) groups is 2. The minimum Gasteiger partial charge on any atom is -0.450 e. The van der Waals surface area contributed by atoms with E-state index < -0.39 is 6.09 Å². The summed E-state index contributed by atoms with van der Waals surface area (Å²) in [5.74, 6) is 0. The summed E-state index contributed by atoms with van der Waals surface area (Å²) in [7, 11) is 0. The highest BCUT2D eigenvalue weighted by Gasteiger charge is 2.10. The largest absolute Gasteiger partial charge is 0.450 e. The number of ether oxygens (including phenoxy) is 1. The first-order valence-corrected chi connectivity index (χ1v) is 8.20. The fourth-order valence-corrected chi connectivity index (χ4v) is 2.37. The molecule has 0 saturated carbocycles. The monoisotopic (exact) mass is 361 g/mol. The molecule has 2 aromatic carbocycles. The van der Waals surface area contributed by atoms with E-state index in [2.05, 4.69) is 16.0 Å². The summed E-state index contributed by atoms with van der Waals surface area (Å²) in [6.45, 7) is 4.12. The number of hydrogen-bond donors (Lipinski definition) is 3. The Kier molecular flexibility index (Phi) is 6.65. The molecule has 132 valence electrons. The second-order valence-electron chi connectivity index (χ2n) is 5.22. The van der Waals surface area contributed by atoms with Gasteiger partial charge in [0.2, 0.25) is 0 Å². The van der Waals surface area contributed by atoms with E-state index in [-0.39, 0.29) is 12.6 Å². The van der Waals surface area contributed by atoms with Crippen LogP contribution in [0.1, 0.15) is 18.1 Å². The highest BCUT2D eigenvalue weighted by atomic mass is 35.5. The minimum absolute atomic E-state index is 0.285. The molecule has 0 atom stereocenters. The van der Waals surface area contributed by atoms with E-state index in [9.17, 15) is 9.59 Å². The fraction of sp³-hybridized carbons (Fsp3) is 0.222. The number of nitrogens with one attached hydrogen (secondary N) is 3. The highest BCUT2D eigenvalue weighted by Crippen LogP contribution is 2.23. The normalized spacial score (nSPS) is 10.0. The third-order valence-electron chi connectivity index (χ3n) is 3.49. The maximum absolute atomic E-state index is 12.1. The zero-order valence-electron chi connectivity index (χ0n) is 14.1. The van der Waals surface area contributed by atoms with Gasteiger partial charge in [0.15, 0.2) is 0 Å². The second-order valence-corrected chi connectivity index (χ2v) is 5.63. The number of anilines is 2. The van der Waals surface area contributed by atoms with Gasteiger partial charge in [0.25, 0.3) is 0 Å². The summed E-state index contributed by atoms with van der Waals surface area (Å²) in [6, 6.07) is 12.2. The molecule has 0 bridgehead atoms. The lowest BCUT2D eigenvalue weighted by molar-refractivity contribution is 0.168. The van der Waals surface area contributed by atoms with Crippen LogP contribution in [0.5, 0.6) is 0 Å². The van der Waals surface area contributed by atoms with Gasteiger partial charge in [-0.05, 0) is 43.2 Å². The van der Waals surface area contributed by atoms with Crippen molar-refractivity contribution in [1.82, 2.24) is 5.32 Å². The molecular weight excluding hydrogens is 342 g/mol. The Labute approximate surface area is 151 Å². The summed E-state index contributed by atoms with van der Waals surface area (Å²) >= 11 is 6.06. The average molecular weight is 362 g/mol. The van der Waals surface area contributed by atoms with E-state index in [1.807, 2.05) is 18.2 Å². The zero-order valence-corrected chi connectivity index (χ0v) is 14.8. The van der Waals surface area contributed by atoms with Gasteiger partial charge in [0, 0.05) is 22.9 Å². The molecule has 25 heavy (non-hydrogen) atoms. The van der Waals surface area contributed by atoms with Crippen LogP contribution in [0, 0.1) is 6.92 Å². The number of urea groups is 1. The van der Waals surface area contributed by atoms with Gasteiger partial charge in [0.1, 0.15) is 0 Å². The summed E-state index contributed by atoms with van der Waals surface area (Å²) in [4.78, 5) is 23.7. The van der Waals surface area contributed by atoms with E-state index >= 15 is 0 Å². The van der Waals surface area contributed by atoms with E-state index in [0.717, 1.165) is 11.1 Å². The van der Waals surface area contributed by atoms with Crippen LogP contribution < -0.4 is 16.0 Å². The number of halogens is 1. The zero-order chi connectivity index (χ0) is 18.2. The van der Waals surface area contributed by atoms with Gasteiger partial charge in [-0.1, -0.05) is 35.9 Å². The van der Waals surface area contributed by atoms with Gasteiger partial charge < -0.3 is 15.4 Å². The van der Waals surface area contributed by atoms with Gasteiger partial charge in [-0.25, -0.2) is 9.59 Å². The van der Waals surface area contributed by atoms with Crippen LogP contribution in [0.25, 0.3) is 0 Å². The summed E-state index contributed by atoms with van der Waals surface area (Å²) < 4.78 is 4.86. The van der Waals surface area contributed by atoms with Crippen molar-refractivity contribution in [2.75, 3.05) is 17.2 Å². The molecule has 0 unspecified atom stereocenters. The van der Waals surface area contributed by atoms with Crippen LogP contribution in [-0.2, 0) is 11.3 Å². The van der Waals surface area contributed by atoms with Crippen molar-refractivity contribution in [1.29, 1.82) is 0 Å². The van der Waals surface area contributed by atoms with Gasteiger partial charge >= 0.3 is 12.1 Å². The summed E-state index contributed by atoms with van der Waals surface area (Å²) in [6.07, 6.45) is -0.536. The molecule has 0 spiro atoms. The minimum atomic E-state index is -0.536. The van der Waals surface area contributed by atoms with Gasteiger partial charge in [-0.3, -0.25) is 5.32 Å². The molecule has 0 aromatic heterocycles. The van der Waals surface area contributed by atoms with Crippen LogP contribution in [0.15, 0.2) is 42.5 Å². The number of carbonyl (C=O) groups excluding carboxylic acids is 2. The average Bonchev–Trinajstić information content (AvgIpc) is 2.58. The number of benzene rings is 2. The van der Waals surface area contributed by atoms with Gasteiger partial charge in [-0.15, -0.1) is 0 Å². The molecule has 2 aromatic rings. The first kappa shape index (κ1) is 18.6. The first-order valence-electron chi connectivity index (χ1n) is 7.83. The van der Waals surface area contributed by atoms with E-state index in [1.54, 1.807) is 38.1 Å². The molecule has 0 fully saturated rings. The third kappa shape index (κ3) is 5.39. The molecule has 3 N–H and O–H groups in total. The van der Waals surface area contributed by atoms with Crippen molar-refractivity contribution in [3.05, 3.63) is 58.6 Å². The SMILES string of the molecule is CCOC(=O)Nc1cccc(NC(=O)NCc2ccccc2Cl)c1C. The Morgan fingerprint density at radius 2 is 1.72 bits per heavy atom. The predicted molar refractivity (Wildman–Crippen MR) is 99.1 cm³/mol. The third-order valence-corrected chi connectivity index (χ3v) is 3.86. The lowest BCUT2D eigenvalue weighted by Gasteiger charge is -2.14. The van der Waals surface area contributed by atoms with Gasteiger partial charge in [0.05, 0.1) is 6.61 Å². The molecule has 0 aliphatic heterocycles. The molecule has 0 heterocycles. The van der Waals surface area contributed by atoms with Crippen molar-refractivity contribution in [2.45, 2.75) is 20.4 Å². The predicted octanol–water partition coefficient (Wildman–Crippen LogP) is 4.54. The molecule has 0 radical (unpaired) electrons. The smallest absolute Gasteiger partial charge is 0.411 e. The maximum atomic E-state index is 12.1. The van der Waals surface area contributed by atoms with Crippen molar-refractivity contribution >= 4 is 35.1 Å². The molecule has 7 heteroatoms. The van der Waals surface area contributed by atoms with Crippen LogP contribution >= 0.6 is 11.6 Å². The first-order chi connectivity index (χ1) is 12.0. The topological polar surface area (TPSA) is 79.5 Å². The number of amides is 3. The van der Waals surface area contributed by atoms with Crippen molar-refractivity contribution in [3.63, 3.8) is 0 Å². The standard InChI is InChI=1S/C18H20ClN3O3/c1-3-25-18(24)22-16-10-6-9-15(12(16)2)21-17(23)20-11-13-7-4-5-8-14(13)19/h4-10H,3,11H2,1-2H3,(H,22,24)(H2,20,21,23). The van der Waals surface area contributed by atoms with Crippen LogP contribution in [-0.4, -0.2) is 18.7 Å². The molecular formula is C18H20ClN3O3. The Morgan fingerprint density at radius 3 is 2.40 bits per heavy atom.